The summed E-state index contributed by atoms with van der Waals surface area (Å²) in [5.41, 5.74) is 0. The highest BCUT2D eigenvalue weighted by Crippen LogP contribution is 2.17. The smallest absolute Gasteiger partial charge is 0.254 e. The zero-order valence-corrected chi connectivity index (χ0v) is 10.8. The first-order valence-corrected chi connectivity index (χ1v) is 6.10. The summed E-state index contributed by atoms with van der Waals surface area (Å²) in [7, 11) is 3.70. The van der Waals surface area contributed by atoms with E-state index >= 15 is 0 Å². The molecule has 102 valence electrons. The van der Waals surface area contributed by atoms with Gasteiger partial charge < -0.3 is 4.74 Å². The molecule has 0 saturated carbocycles. The molecule has 2 amide bonds. The van der Waals surface area contributed by atoms with Gasteiger partial charge in [0.15, 0.2) is 6.35 Å². The molecule has 1 unspecified atom stereocenters. The first-order chi connectivity index (χ1) is 8.59. The third-order valence-electron chi connectivity index (χ3n) is 3.01. The molecule has 2 aliphatic rings. The summed E-state index contributed by atoms with van der Waals surface area (Å²) in [5.74, 6) is -0.528. The standard InChI is InChI=1S/C11H19N3O4/c1-12(2)11(13-5-7-17-8-6-13)18-14-9(15)3-4-10(14)16/h11H,3-8H2,1-2H3. The number of hydrogen-bond acceptors (Lipinski definition) is 6. The number of carbonyl (C=O) groups is 2. The van der Waals surface area contributed by atoms with Crippen LogP contribution in [0.4, 0.5) is 0 Å². The molecule has 2 saturated heterocycles. The molecule has 0 radical (unpaired) electrons. The highest BCUT2D eigenvalue weighted by atomic mass is 16.7. The molecule has 1 atom stereocenters. The van der Waals surface area contributed by atoms with Crippen LogP contribution in [-0.2, 0) is 19.2 Å². The Morgan fingerprint density at radius 3 is 2.22 bits per heavy atom. The van der Waals surface area contributed by atoms with E-state index in [2.05, 4.69) is 0 Å². The number of imide groups is 1. The zero-order chi connectivity index (χ0) is 13.1. The molecule has 7 nitrogen and oxygen atoms in total. The molecule has 0 bridgehead atoms. The molecular formula is C11H19N3O4. The Morgan fingerprint density at radius 2 is 1.72 bits per heavy atom. The number of hydrogen-bond donors (Lipinski definition) is 0. The number of amides is 2. The Bertz CT molecular complexity index is 312. The van der Waals surface area contributed by atoms with Crippen LogP contribution in [0.5, 0.6) is 0 Å². The van der Waals surface area contributed by atoms with Crippen molar-refractivity contribution < 1.29 is 19.2 Å². The van der Waals surface area contributed by atoms with Crippen LogP contribution in [0.1, 0.15) is 12.8 Å². The second-order valence-corrected chi connectivity index (χ2v) is 4.63. The van der Waals surface area contributed by atoms with E-state index in [9.17, 15) is 9.59 Å². The third-order valence-corrected chi connectivity index (χ3v) is 3.01. The summed E-state index contributed by atoms with van der Waals surface area (Å²) in [4.78, 5) is 32.5. The van der Waals surface area contributed by atoms with Gasteiger partial charge >= 0.3 is 0 Å². The van der Waals surface area contributed by atoms with Gasteiger partial charge in [-0.25, -0.2) is 4.84 Å². The fourth-order valence-electron chi connectivity index (χ4n) is 2.05. The second-order valence-electron chi connectivity index (χ2n) is 4.63. The van der Waals surface area contributed by atoms with Crippen molar-refractivity contribution >= 4 is 11.8 Å². The van der Waals surface area contributed by atoms with E-state index in [1.54, 1.807) is 0 Å². The highest BCUT2D eigenvalue weighted by molar-refractivity contribution is 6.00. The van der Waals surface area contributed by atoms with Gasteiger partial charge in [-0.05, 0) is 14.1 Å². The Kier molecular flexibility index (Phi) is 4.28. The van der Waals surface area contributed by atoms with Crippen molar-refractivity contribution in [3.63, 3.8) is 0 Å². The molecule has 2 aliphatic heterocycles. The van der Waals surface area contributed by atoms with Gasteiger partial charge in [-0.3, -0.25) is 19.4 Å². The summed E-state index contributed by atoms with van der Waals surface area (Å²) < 4.78 is 5.28. The fourth-order valence-corrected chi connectivity index (χ4v) is 2.05. The van der Waals surface area contributed by atoms with Gasteiger partial charge in [0, 0.05) is 25.9 Å². The Balaban J connectivity index is 2.01. The van der Waals surface area contributed by atoms with Gasteiger partial charge in [0.25, 0.3) is 11.8 Å². The minimum absolute atomic E-state index is 0.238. The van der Waals surface area contributed by atoms with Crippen LogP contribution in [0.25, 0.3) is 0 Å². The molecule has 2 fully saturated rings. The topological polar surface area (TPSA) is 62.3 Å². The first-order valence-electron chi connectivity index (χ1n) is 6.10. The van der Waals surface area contributed by atoms with Crippen molar-refractivity contribution in [2.45, 2.75) is 19.2 Å². The molecule has 0 aliphatic carbocycles. The van der Waals surface area contributed by atoms with Gasteiger partial charge in [0.05, 0.1) is 13.2 Å². The second kappa shape index (κ2) is 5.75. The molecule has 0 aromatic rings. The van der Waals surface area contributed by atoms with Gasteiger partial charge in [-0.2, -0.15) is 5.06 Å². The summed E-state index contributed by atoms with van der Waals surface area (Å²) in [6.45, 7) is 2.71. The van der Waals surface area contributed by atoms with E-state index in [-0.39, 0.29) is 24.7 Å². The summed E-state index contributed by atoms with van der Waals surface area (Å²) in [6.07, 6.45) is 0.0596. The lowest BCUT2D eigenvalue weighted by Crippen LogP contribution is -2.54. The predicted molar refractivity (Wildman–Crippen MR) is 62.0 cm³/mol. The van der Waals surface area contributed by atoms with Crippen LogP contribution in [0.2, 0.25) is 0 Å². The van der Waals surface area contributed by atoms with Gasteiger partial charge in [-0.15, -0.1) is 0 Å². The largest absolute Gasteiger partial charge is 0.379 e. The van der Waals surface area contributed by atoms with E-state index in [4.69, 9.17) is 9.57 Å². The zero-order valence-electron chi connectivity index (χ0n) is 10.8. The maximum atomic E-state index is 11.5. The summed E-state index contributed by atoms with van der Waals surface area (Å²) >= 11 is 0. The van der Waals surface area contributed by atoms with Crippen LogP contribution < -0.4 is 0 Å². The van der Waals surface area contributed by atoms with Crippen molar-refractivity contribution in [3.8, 4) is 0 Å². The number of carbonyl (C=O) groups excluding carboxylic acids is 2. The fraction of sp³-hybridized carbons (Fsp3) is 0.818. The predicted octanol–water partition coefficient (Wildman–Crippen LogP) is -0.756. The molecular weight excluding hydrogens is 238 g/mol. The summed E-state index contributed by atoms with van der Waals surface area (Å²) in [6, 6.07) is 0. The van der Waals surface area contributed by atoms with Gasteiger partial charge in [-0.1, -0.05) is 0 Å². The lowest BCUT2D eigenvalue weighted by molar-refractivity contribution is -0.263. The third kappa shape index (κ3) is 2.86. The molecule has 0 spiro atoms. The molecule has 7 heteroatoms. The molecule has 2 rings (SSSR count). The van der Waals surface area contributed by atoms with Crippen LogP contribution >= 0.6 is 0 Å². The average molecular weight is 257 g/mol. The van der Waals surface area contributed by atoms with Crippen molar-refractivity contribution in [1.82, 2.24) is 14.9 Å². The highest BCUT2D eigenvalue weighted by Gasteiger charge is 2.35. The lowest BCUT2D eigenvalue weighted by atomic mass is 10.4. The molecule has 0 aromatic heterocycles. The minimum Gasteiger partial charge on any atom is -0.379 e. The van der Waals surface area contributed by atoms with Gasteiger partial charge in [0.1, 0.15) is 0 Å². The monoisotopic (exact) mass is 257 g/mol. The first kappa shape index (κ1) is 13.4. The summed E-state index contributed by atoms with van der Waals surface area (Å²) in [5, 5.41) is 0.903. The SMILES string of the molecule is CN(C)C(ON1C(=O)CCC1=O)N1CCOCC1. The van der Waals surface area contributed by atoms with E-state index < -0.39 is 6.35 Å². The Hall–Kier alpha value is -1.02. The van der Waals surface area contributed by atoms with E-state index in [0.717, 1.165) is 18.2 Å². The molecule has 18 heavy (non-hydrogen) atoms. The number of morpholine rings is 1. The van der Waals surface area contributed by atoms with Crippen LogP contribution in [0, 0.1) is 0 Å². The Morgan fingerprint density at radius 1 is 1.17 bits per heavy atom. The van der Waals surface area contributed by atoms with Crippen molar-refractivity contribution in [1.29, 1.82) is 0 Å². The van der Waals surface area contributed by atoms with Crippen molar-refractivity contribution in [3.05, 3.63) is 0 Å². The average Bonchev–Trinajstić information content (AvgIpc) is 2.67. The quantitative estimate of drug-likeness (QED) is 0.487. The number of ether oxygens (including phenoxy) is 1. The number of nitrogens with zero attached hydrogens (tertiary/aromatic N) is 3. The maximum absolute atomic E-state index is 11.5. The molecule has 0 aromatic carbocycles. The Labute approximate surface area is 106 Å². The van der Waals surface area contributed by atoms with Gasteiger partial charge in [0.2, 0.25) is 0 Å². The van der Waals surface area contributed by atoms with E-state index in [0.29, 0.717) is 13.2 Å². The van der Waals surface area contributed by atoms with E-state index in [1.165, 1.54) is 0 Å². The normalized spacial score (nSPS) is 24.1. The van der Waals surface area contributed by atoms with Crippen LogP contribution in [0.15, 0.2) is 0 Å². The molecule has 0 N–H and O–H groups in total. The van der Waals surface area contributed by atoms with E-state index in [1.807, 2.05) is 23.9 Å². The molecule has 2 heterocycles. The van der Waals surface area contributed by atoms with Crippen LogP contribution in [-0.4, -0.2) is 73.4 Å². The van der Waals surface area contributed by atoms with Crippen LogP contribution in [0.3, 0.4) is 0 Å². The number of rotatable bonds is 4. The number of hydroxylamine groups is 2. The lowest BCUT2D eigenvalue weighted by Gasteiger charge is -2.38. The van der Waals surface area contributed by atoms with Crippen molar-refractivity contribution in [2.24, 2.45) is 0 Å². The van der Waals surface area contributed by atoms with Crippen molar-refractivity contribution in [2.75, 3.05) is 40.4 Å². The minimum atomic E-state index is -0.417. The maximum Gasteiger partial charge on any atom is 0.254 e.